The predicted molar refractivity (Wildman–Crippen MR) is 84.7 cm³/mol. The Morgan fingerprint density at radius 3 is 2.59 bits per heavy atom. The molecule has 1 aliphatic rings. The van der Waals surface area contributed by atoms with Crippen molar-refractivity contribution in [3.8, 4) is 0 Å². The molecular formula is C12H10INOS2. The summed E-state index contributed by atoms with van der Waals surface area (Å²) in [7, 11) is 0. The number of hydrogen-bond donors (Lipinski definition) is 0. The molecule has 0 aromatic heterocycles. The van der Waals surface area contributed by atoms with Gasteiger partial charge in [0.25, 0.3) is 5.91 Å². The molecule has 2 rings (SSSR count). The third-order valence-corrected chi connectivity index (χ3v) is 4.45. The van der Waals surface area contributed by atoms with E-state index in [2.05, 4.69) is 22.6 Å². The van der Waals surface area contributed by atoms with E-state index in [4.69, 9.17) is 12.2 Å². The van der Waals surface area contributed by atoms with Crippen LogP contribution >= 0.6 is 46.6 Å². The fourth-order valence-electron chi connectivity index (χ4n) is 1.48. The number of hydrogen-bond acceptors (Lipinski definition) is 3. The second kappa shape index (κ2) is 5.49. The SMILES string of the molecule is CCN1C(=O)C(=Cc2ccc(I)cc2)SC1=S. The number of nitrogens with zero attached hydrogens (tertiary/aromatic N) is 1. The van der Waals surface area contributed by atoms with E-state index in [-0.39, 0.29) is 5.91 Å². The van der Waals surface area contributed by atoms with Crippen LogP contribution in [0.25, 0.3) is 6.08 Å². The first-order valence-electron chi connectivity index (χ1n) is 5.12. The quantitative estimate of drug-likeness (QED) is 0.448. The first kappa shape index (κ1) is 13.0. The molecule has 0 saturated carbocycles. The number of amides is 1. The van der Waals surface area contributed by atoms with Crippen molar-refractivity contribution in [2.75, 3.05) is 6.54 Å². The largest absolute Gasteiger partial charge is 0.293 e. The minimum atomic E-state index is 0.0149. The Bertz CT molecular complexity index is 496. The number of carbonyl (C=O) groups excluding carboxylic acids is 1. The minimum Gasteiger partial charge on any atom is -0.293 e. The topological polar surface area (TPSA) is 20.3 Å². The zero-order chi connectivity index (χ0) is 12.4. The highest BCUT2D eigenvalue weighted by Crippen LogP contribution is 2.32. The van der Waals surface area contributed by atoms with Gasteiger partial charge in [-0.1, -0.05) is 36.1 Å². The Hall–Kier alpha value is -0.400. The molecule has 1 saturated heterocycles. The van der Waals surface area contributed by atoms with Crippen molar-refractivity contribution in [3.63, 3.8) is 0 Å². The van der Waals surface area contributed by atoms with Gasteiger partial charge in [-0.05, 0) is 53.3 Å². The molecule has 0 unspecified atom stereocenters. The van der Waals surface area contributed by atoms with E-state index in [1.807, 2.05) is 37.3 Å². The van der Waals surface area contributed by atoms with Crippen LogP contribution in [0.15, 0.2) is 29.2 Å². The van der Waals surface area contributed by atoms with Gasteiger partial charge in [0.2, 0.25) is 0 Å². The smallest absolute Gasteiger partial charge is 0.266 e. The molecule has 17 heavy (non-hydrogen) atoms. The molecule has 1 fully saturated rings. The third-order valence-electron chi connectivity index (χ3n) is 2.36. The third kappa shape index (κ3) is 2.89. The average molecular weight is 375 g/mol. The highest BCUT2D eigenvalue weighted by atomic mass is 127. The number of rotatable bonds is 2. The van der Waals surface area contributed by atoms with E-state index in [1.165, 1.54) is 15.3 Å². The van der Waals surface area contributed by atoms with Gasteiger partial charge in [0.1, 0.15) is 4.32 Å². The molecule has 1 aromatic carbocycles. The van der Waals surface area contributed by atoms with Crippen LogP contribution < -0.4 is 0 Å². The van der Waals surface area contributed by atoms with Gasteiger partial charge < -0.3 is 0 Å². The average Bonchev–Trinajstić information content (AvgIpc) is 2.57. The van der Waals surface area contributed by atoms with Crippen LogP contribution in [0.4, 0.5) is 0 Å². The molecule has 1 heterocycles. The van der Waals surface area contributed by atoms with E-state index in [9.17, 15) is 4.79 Å². The summed E-state index contributed by atoms with van der Waals surface area (Å²) in [5.74, 6) is 0.0149. The van der Waals surface area contributed by atoms with Crippen LogP contribution in [0, 0.1) is 3.57 Å². The molecule has 5 heteroatoms. The van der Waals surface area contributed by atoms with Gasteiger partial charge in [-0.2, -0.15) is 0 Å². The monoisotopic (exact) mass is 375 g/mol. The van der Waals surface area contributed by atoms with Crippen LogP contribution in [0.1, 0.15) is 12.5 Å². The summed E-state index contributed by atoms with van der Waals surface area (Å²) in [5, 5.41) is 0. The van der Waals surface area contributed by atoms with E-state index >= 15 is 0 Å². The Morgan fingerprint density at radius 2 is 2.06 bits per heavy atom. The Balaban J connectivity index is 2.27. The summed E-state index contributed by atoms with van der Waals surface area (Å²) in [6.45, 7) is 2.56. The summed E-state index contributed by atoms with van der Waals surface area (Å²) in [6.07, 6.45) is 1.89. The van der Waals surface area contributed by atoms with Gasteiger partial charge in [0.15, 0.2) is 0 Å². The molecule has 1 aromatic rings. The van der Waals surface area contributed by atoms with Crippen LogP contribution in [0.3, 0.4) is 0 Å². The van der Waals surface area contributed by atoms with E-state index in [0.717, 1.165) is 5.56 Å². The number of likely N-dealkylation sites (N-methyl/N-ethyl adjacent to an activating group) is 1. The van der Waals surface area contributed by atoms with Crippen molar-refractivity contribution >= 4 is 62.9 Å². The number of thioether (sulfide) groups is 1. The van der Waals surface area contributed by atoms with E-state index < -0.39 is 0 Å². The van der Waals surface area contributed by atoms with Gasteiger partial charge >= 0.3 is 0 Å². The fourth-order valence-corrected chi connectivity index (χ4v) is 3.23. The van der Waals surface area contributed by atoms with Gasteiger partial charge in [-0.3, -0.25) is 9.69 Å². The molecule has 2 nitrogen and oxygen atoms in total. The molecule has 0 aliphatic carbocycles. The maximum atomic E-state index is 12.0. The summed E-state index contributed by atoms with van der Waals surface area (Å²) in [6, 6.07) is 8.04. The summed E-state index contributed by atoms with van der Waals surface area (Å²) in [4.78, 5) is 14.3. The van der Waals surface area contributed by atoms with Crippen molar-refractivity contribution in [1.82, 2.24) is 4.90 Å². The summed E-state index contributed by atoms with van der Waals surface area (Å²) >= 11 is 8.79. The highest BCUT2D eigenvalue weighted by molar-refractivity contribution is 14.1. The number of thiocarbonyl (C=S) groups is 1. The predicted octanol–water partition coefficient (Wildman–Crippen LogP) is 3.51. The summed E-state index contributed by atoms with van der Waals surface area (Å²) in [5.41, 5.74) is 1.03. The zero-order valence-electron chi connectivity index (χ0n) is 9.14. The molecule has 0 N–H and O–H groups in total. The molecule has 0 radical (unpaired) electrons. The van der Waals surface area contributed by atoms with Crippen molar-refractivity contribution in [3.05, 3.63) is 38.3 Å². The summed E-state index contributed by atoms with van der Waals surface area (Å²) < 4.78 is 1.83. The first-order chi connectivity index (χ1) is 8.11. The van der Waals surface area contributed by atoms with Crippen molar-refractivity contribution in [1.29, 1.82) is 0 Å². The lowest BCUT2D eigenvalue weighted by molar-refractivity contribution is -0.121. The molecule has 88 valence electrons. The van der Waals surface area contributed by atoms with Crippen LogP contribution in [0.5, 0.6) is 0 Å². The molecule has 0 atom stereocenters. The standard InChI is InChI=1S/C12H10INOS2/c1-2-14-11(15)10(17-12(14)16)7-8-3-5-9(13)6-4-8/h3-7H,2H2,1H3. The first-order valence-corrected chi connectivity index (χ1v) is 7.43. The molecule has 0 spiro atoms. The van der Waals surface area contributed by atoms with Crippen LogP contribution in [-0.2, 0) is 4.79 Å². The zero-order valence-corrected chi connectivity index (χ0v) is 12.9. The molecule has 1 amide bonds. The molecule has 1 aliphatic heterocycles. The number of benzene rings is 1. The van der Waals surface area contributed by atoms with Crippen molar-refractivity contribution in [2.24, 2.45) is 0 Å². The molecular weight excluding hydrogens is 365 g/mol. The Labute approximate surface area is 124 Å². The van der Waals surface area contributed by atoms with Gasteiger partial charge in [0.05, 0.1) is 4.91 Å². The van der Waals surface area contributed by atoms with Crippen LogP contribution in [0.2, 0.25) is 0 Å². The van der Waals surface area contributed by atoms with Gasteiger partial charge in [-0.15, -0.1) is 0 Å². The number of halogens is 1. The second-order valence-electron chi connectivity index (χ2n) is 3.48. The maximum absolute atomic E-state index is 12.0. The lowest BCUT2D eigenvalue weighted by Gasteiger charge is -2.09. The second-order valence-corrected chi connectivity index (χ2v) is 6.40. The van der Waals surface area contributed by atoms with Crippen LogP contribution in [-0.4, -0.2) is 21.7 Å². The Morgan fingerprint density at radius 1 is 1.41 bits per heavy atom. The Kier molecular flexibility index (Phi) is 4.22. The number of carbonyl (C=O) groups is 1. The highest BCUT2D eigenvalue weighted by Gasteiger charge is 2.30. The van der Waals surface area contributed by atoms with Gasteiger partial charge in [0, 0.05) is 10.1 Å². The minimum absolute atomic E-state index is 0.0149. The van der Waals surface area contributed by atoms with Crippen molar-refractivity contribution < 1.29 is 4.79 Å². The van der Waals surface area contributed by atoms with Crippen molar-refractivity contribution in [2.45, 2.75) is 6.92 Å². The lowest BCUT2D eigenvalue weighted by atomic mass is 10.2. The van der Waals surface area contributed by atoms with E-state index in [0.29, 0.717) is 15.8 Å². The molecule has 0 bridgehead atoms. The van der Waals surface area contributed by atoms with E-state index in [1.54, 1.807) is 4.90 Å². The van der Waals surface area contributed by atoms with Gasteiger partial charge in [-0.25, -0.2) is 0 Å². The normalized spacial score (nSPS) is 18.2. The fraction of sp³-hybridized carbons (Fsp3) is 0.167. The maximum Gasteiger partial charge on any atom is 0.266 e. The lowest BCUT2D eigenvalue weighted by Crippen LogP contribution is -2.27.